The van der Waals surface area contributed by atoms with E-state index in [-0.39, 0.29) is 5.91 Å². The van der Waals surface area contributed by atoms with E-state index >= 15 is 0 Å². The highest BCUT2D eigenvalue weighted by atomic mass is 19.1. The molecule has 0 aliphatic carbocycles. The molecule has 3 aromatic rings. The van der Waals surface area contributed by atoms with Gasteiger partial charge in [0.2, 0.25) is 0 Å². The summed E-state index contributed by atoms with van der Waals surface area (Å²) >= 11 is 0. The Morgan fingerprint density at radius 3 is 2.39 bits per heavy atom. The van der Waals surface area contributed by atoms with Crippen molar-refractivity contribution in [1.29, 1.82) is 0 Å². The van der Waals surface area contributed by atoms with Crippen molar-refractivity contribution >= 4 is 28.4 Å². The minimum absolute atomic E-state index is 0.0608. The van der Waals surface area contributed by atoms with Crippen molar-refractivity contribution in [2.24, 2.45) is 0 Å². The summed E-state index contributed by atoms with van der Waals surface area (Å²) in [4.78, 5) is 29.1. The Kier molecular flexibility index (Phi) is 6.97. The molecular formula is C26H30F2N6O2. The number of rotatable bonds is 5. The molecule has 8 nitrogen and oxygen atoms in total. The Labute approximate surface area is 208 Å². The van der Waals surface area contributed by atoms with Crippen molar-refractivity contribution in [1.82, 2.24) is 19.8 Å². The van der Waals surface area contributed by atoms with Crippen molar-refractivity contribution in [3.63, 3.8) is 0 Å². The molecule has 1 aromatic heterocycles. The lowest BCUT2D eigenvalue weighted by atomic mass is 10.0. The molecule has 2 aliphatic rings. The van der Waals surface area contributed by atoms with Crippen LogP contribution in [0.1, 0.15) is 28.9 Å². The Morgan fingerprint density at radius 1 is 1.00 bits per heavy atom. The standard InChI is InChI=1S/C26H30F2N6O2/c1-17(30-21-14-19(27)13-20(28)15-21)22-11-18(26(35)34-5-3-32(2)4-6-34)12-23-25(22)31-24(16-29-23)33-7-9-36-10-8-33/h11-17,30H,3-10H2,1-2H3. The maximum atomic E-state index is 13.8. The van der Waals surface area contributed by atoms with Crippen molar-refractivity contribution in [2.45, 2.75) is 13.0 Å². The second-order valence-electron chi connectivity index (χ2n) is 9.38. The Bertz CT molecular complexity index is 1240. The molecule has 0 spiro atoms. The number of carbonyl (C=O) groups is 1. The molecule has 2 aromatic carbocycles. The molecule has 3 heterocycles. The molecule has 36 heavy (non-hydrogen) atoms. The third-order valence-corrected chi connectivity index (χ3v) is 6.75. The minimum atomic E-state index is -0.664. The summed E-state index contributed by atoms with van der Waals surface area (Å²) in [6.45, 7) is 7.49. The molecule has 1 atom stereocenters. The first-order valence-electron chi connectivity index (χ1n) is 12.2. The number of amides is 1. The first-order valence-corrected chi connectivity index (χ1v) is 12.2. The number of carbonyl (C=O) groups excluding carboxylic acids is 1. The Hall–Kier alpha value is -3.37. The minimum Gasteiger partial charge on any atom is -0.378 e. The topological polar surface area (TPSA) is 73.8 Å². The van der Waals surface area contributed by atoms with Gasteiger partial charge in [0.15, 0.2) is 0 Å². The smallest absolute Gasteiger partial charge is 0.254 e. The number of benzene rings is 2. The summed E-state index contributed by atoms with van der Waals surface area (Å²) in [5.41, 5.74) is 2.81. The van der Waals surface area contributed by atoms with E-state index in [0.29, 0.717) is 61.7 Å². The normalized spacial score (nSPS) is 17.9. The fourth-order valence-corrected chi connectivity index (χ4v) is 4.69. The maximum Gasteiger partial charge on any atom is 0.254 e. The van der Waals surface area contributed by atoms with Crippen LogP contribution < -0.4 is 10.2 Å². The highest BCUT2D eigenvalue weighted by molar-refractivity contribution is 5.98. The second-order valence-corrected chi connectivity index (χ2v) is 9.38. The van der Waals surface area contributed by atoms with Crippen molar-refractivity contribution in [3.8, 4) is 0 Å². The van der Waals surface area contributed by atoms with Crippen molar-refractivity contribution in [2.75, 3.05) is 69.7 Å². The van der Waals surface area contributed by atoms with E-state index in [9.17, 15) is 13.6 Å². The summed E-state index contributed by atoms with van der Waals surface area (Å²) in [7, 11) is 2.04. The molecule has 0 radical (unpaired) electrons. The van der Waals surface area contributed by atoms with Gasteiger partial charge in [-0.15, -0.1) is 0 Å². The number of aromatic nitrogens is 2. The number of nitrogens with zero attached hydrogens (tertiary/aromatic N) is 5. The molecule has 5 rings (SSSR count). The van der Waals surface area contributed by atoms with E-state index in [0.717, 1.165) is 30.5 Å². The summed E-state index contributed by atoms with van der Waals surface area (Å²) in [6, 6.07) is 6.53. The number of piperazine rings is 1. The number of likely N-dealkylation sites (N-methyl/N-ethyl adjacent to an activating group) is 1. The first kappa shape index (κ1) is 24.3. The SMILES string of the molecule is CC(Nc1cc(F)cc(F)c1)c1cc(C(=O)N2CCN(C)CC2)cc2ncc(N3CCOCC3)nc12. The Morgan fingerprint density at radius 2 is 1.69 bits per heavy atom. The number of fused-ring (bicyclic) bond motifs is 1. The monoisotopic (exact) mass is 496 g/mol. The molecule has 190 valence electrons. The molecule has 2 saturated heterocycles. The largest absolute Gasteiger partial charge is 0.378 e. The first-order chi connectivity index (χ1) is 17.4. The fraction of sp³-hybridized carbons (Fsp3) is 0.423. The average Bonchev–Trinajstić information content (AvgIpc) is 2.87. The third kappa shape index (κ3) is 5.24. The van der Waals surface area contributed by atoms with Crippen LogP contribution in [0, 0.1) is 11.6 Å². The van der Waals surface area contributed by atoms with E-state index in [1.807, 2.05) is 24.9 Å². The molecule has 1 N–H and O–H groups in total. The molecule has 2 fully saturated rings. The van der Waals surface area contributed by atoms with Gasteiger partial charge in [0, 0.05) is 62.1 Å². The van der Waals surface area contributed by atoms with Gasteiger partial charge < -0.3 is 24.8 Å². The van der Waals surface area contributed by atoms with Gasteiger partial charge in [-0.25, -0.2) is 13.8 Å². The van der Waals surface area contributed by atoms with E-state index in [4.69, 9.17) is 9.72 Å². The second kappa shape index (κ2) is 10.3. The van der Waals surface area contributed by atoms with Gasteiger partial charge in [0.1, 0.15) is 17.5 Å². The predicted molar refractivity (Wildman–Crippen MR) is 134 cm³/mol. The van der Waals surface area contributed by atoms with Crippen LogP contribution in [0.5, 0.6) is 0 Å². The molecule has 0 bridgehead atoms. The summed E-state index contributed by atoms with van der Waals surface area (Å²) in [5, 5.41) is 3.17. The van der Waals surface area contributed by atoms with E-state index in [2.05, 4.69) is 20.1 Å². The van der Waals surface area contributed by atoms with Crippen LogP contribution in [-0.2, 0) is 4.74 Å². The van der Waals surface area contributed by atoms with Crippen molar-refractivity contribution < 1.29 is 18.3 Å². The molecule has 1 unspecified atom stereocenters. The predicted octanol–water partition coefficient (Wildman–Crippen LogP) is 3.31. The molecule has 2 aliphatic heterocycles. The molecular weight excluding hydrogens is 466 g/mol. The van der Waals surface area contributed by atoms with E-state index in [1.54, 1.807) is 12.3 Å². The lowest BCUT2D eigenvalue weighted by Gasteiger charge is -2.32. The quantitative estimate of drug-likeness (QED) is 0.581. The van der Waals surface area contributed by atoms with E-state index < -0.39 is 17.7 Å². The lowest BCUT2D eigenvalue weighted by molar-refractivity contribution is 0.0664. The number of anilines is 2. The molecule has 0 saturated carbocycles. The summed E-state index contributed by atoms with van der Waals surface area (Å²) in [5.74, 6) is -0.658. The number of hydrogen-bond donors (Lipinski definition) is 1. The van der Waals surface area contributed by atoms with E-state index in [1.165, 1.54) is 12.1 Å². The number of morpholine rings is 1. The summed E-state index contributed by atoms with van der Waals surface area (Å²) in [6.07, 6.45) is 1.72. The van der Waals surface area contributed by atoms with Gasteiger partial charge in [-0.05, 0) is 38.2 Å². The van der Waals surface area contributed by atoms with Crippen LogP contribution in [0.3, 0.4) is 0 Å². The van der Waals surface area contributed by atoms with Crippen LogP contribution in [0.2, 0.25) is 0 Å². The van der Waals surface area contributed by atoms with Gasteiger partial charge in [-0.3, -0.25) is 9.78 Å². The number of hydrogen-bond acceptors (Lipinski definition) is 7. The number of halogens is 2. The Balaban J connectivity index is 1.54. The van der Waals surface area contributed by atoms with Gasteiger partial charge in [0.25, 0.3) is 5.91 Å². The van der Waals surface area contributed by atoms with Gasteiger partial charge >= 0.3 is 0 Å². The maximum absolute atomic E-state index is 13.8. The van der Waals surface area contributed by atoms with Crippen LogP contribution in [-0.4, -0.2) is 85.2 Å². The highest BCUT2D eigenvalue weighted by Gasteiger charge is 2.24. The van der Waals surface area contributed by atoms with Gasteiger partial charge in [0.05, 0.1) is 36.5 Å². The van der Waals surface area contributed by atoms with Crippen LogP contribution in [0.4, 0.5) is 20.3 Å². The fourth-order valence-electron chi connectivity index (χ4n) is 4.69. The van der Waals surface area contributed by atoms with Crippen LogP contribution >= 0.6 is 0 Å². The van der Waals surface area contributed by atoms with Crippen LogP contribution in [0.25, 0.3) is 11.0 Å². The third-order valence-electron chi connectivity index (χ3n) is 6.75. The number of ether oxygens (including phenoxy) is 1. The molecule has 10 heteroatoms. The van der Waals surface area contributed by atoms with Gasteiger partial charge in [-0.1, -0.05) is 0 Å². The lowest BCUT2D eigenvalue weighted by Crippen LogP contribution is -2.47. The molecule has 1 amide bonds. The van der Waals surface area contributed by atoms with Gasteiger partial charge in [-0.2, -0.15) is 0 Å². The van der Waals surface area contributed by atoms with Crippen molar-refractivity contribution in [3.05, 3.63) is 59.3 Å². The average molecular weight is 497 g/mol. The zero-order valence-corrected chi connectivity index (χ0v) is 20.5. The summed E-state index contributed by atoms with van der Waals surface area (Å²) < 4.78 is 33.1. The number of nitrogens with one attached hydrogen (secondary N) is 1. The zero-order valence-electron chi connectivity index (χ0n) is 20.5. The zero-order chi connectivity index (χ0) is 25.2. The van der Waals surface area contributed by atoms with Crippen LogP contribution in [0.15, 0.2) is 36.5 Å². The highest BCUT2D eigenvalue weighted by Crippen LogP contribution is 2.29.